The smallest absolute Gasteiger partial charge is 0.168 e. The molecule has 0 amide bonds. The van der Waals surface area contributed by atoms with E-state index >= 15 is 0 Å². The quantitative estimate of drug-likeness (QED) is 0.907. The third-order valence-electron chi connectivity index (χ3n) is 4.51. The Balaban J connectivity index is 1.71. The van der Waals surface area contributed by atoms with Gasteiger partial charge >= 0.3 is 0 Å². The van der Waals surface area contributed by atoms with Gasteiger partial charge < -0.3 is 14.6 Å². The van der Waals surface area contributed by atoms with E-state index in [1.165, 1.54) is 0 Å². The minimum Gasteiger partial charge on any atom is -0.389 e. The van der Waals surface area contributed by atoms with Gasteiger partial charge in [0, 0.05) is 26.3 Å². The summed E-state index contributed by atoms with van der Waals surface area (Å²) in [5.41, 5.74) is 0.961. The summed E-state index contributed by atoms with van der Waals surface area (Å²) in [6, 6.07) is 0. The van der Waals surface area contributed by atoms with Crippen LogP contribution in [-0.4, -0.2) is 39.5 Å². The summed E-state index contributed by atoms with van der Waals surface area (Å²) in [7, 11) is 1.87. The Hall–Kier alpha value is -0.620. The van der Waals surface area contributed by atoms with Crippen LogP contribution in [-0.2, 0) is 22.9 Å². The van der Waals surface area contributed by atoms with Gasteiger partial charge in [-0.1, -0.05) is 11.6 Å². The lowest BCUT2D eigenvalue weighted by Crippen LogP contribution is -2.45. The lowest BCUT2D eigenvalue weighted by molar-refractivity contribution is -0.202. The van der Waals surface area contributed by atoms with Crippen molar-refractivity contribution in [3.8, 4) is 0 Å². The minimum atomic E-state index is -0.746. The molecule has 0 aromatic carbocycles. The van der Waals surface area contributed by atoms with Crippen molar-refractivity contribution < 1.29 is 14.6 Å². The summed E-state index contributed by atoms with van der Waals surface area (Å²) in [5.74, 6) is -0.446. The second-order valence-corrected chi connectivity index (χ2v) is 6.36. The summed E-state index contributed by atoms with van der Waals surface area (Å²) < 4.78 is 13.2. The third-order valence-corrected chi connectivity index (χ3v) is 5.01. The Morgan fingerprint density at radius 2 is 1.85 bits per heavy atom. The molecular formula is C14H21ClN2O3. The van der Waals surface area contributed by atoms with Crippen molar-refractivity contribution in [3.05, 3.63) is 16.4 Å². The van der Waals surface area contributed by atoms with E-state index in [-0.39, 0.29) is 0 Å². The van der Waals surface area contributed by atoms with E-state index in [2.05, 4.69) is 5.10 Å². The molecule has 1 saturated carbocycles. The number of halogens is 1. The molecule has 5 nitrogen and oxygen atoms in total. The van der Waals surface area contributed by atoms with Gasteiger partial charge in [-0.25, -0.2) is 0 Å². The van der Waals surface area contributed by atoms with E-state index in [1.54, 1.807) is 4.68 Å². The molecular weight excluding hydrogens is 280 g/mol. The number of aliphatic hydroxyl groups is 1. The number of hydrogen-bond acceptors (Lipinski definition) is 4. The van der Waals surface area contributed by atoms with Gasteiger partial charge in [0.25, 0.3) is 0 Å². The van der Waals surface area contributed by atoms with E-state index < -0.39 is 11.4 Å². The summed E-state index contributed by atoms with van der Waals surface area (Å²) in [5, 5.41) is 15.8. The lowest BCUT2D eigenvalue weighted by atomic mass is 9.78. The van der Waals surface area contributed by atoms with Gasteiger partial charge in [-0.3, -0.25) is 4.68 Å². The molecule has 1 spiro atoms. The molecule has 3 rings (SSSR count). The molecule has 1 N–H and O–H groups in total. The molecule has 20 heavy (non-hydrogen) atoms. The molecule has 0 radical (unpaired) electrons. The van der Waals surface area contributed by atoms with E-state index in [4.69, 9.17) is 21.1 Å². The maximum Gasteiger partial charge on any atom is 0.168 e. The summed E-state index contributed by atoms with van der Waals surface area (Å²) in [6.45, 7) is 3.20. The zero-order valence-corrected chi connectivity index (χ0v) is 12.7. The summed E-state index contributed by atoms with van der Waals surface area (Å²) in [4.78, 5) is 0. The third kappa shape index (κ3) is 2.48. The number of ether oxygens (including phenoxy) is 2. The Morgan fingerprint density at radius 1 is 1.25 bits per heavy atom. The Morgan fingerprint density at radius 3 is 2.35 bits per heavy atom. The molecule has 0 atom stereocenters. The van der Waals surface area contributed by atoms with Crippen LogP contribution >= 0.6 is 11.6 Å². The van der Waals surface area contributed by atoms with Crippen LogP contribution in [0, 0.1) is 6.92 Å². The summed E-state index contributed by atoms with van der Waals surface area (Å²) >= 11 is 6.27. The normalized spacial score (nSPS) is 24.4. The molecule has 2 fully saturated rings. The molecule has 1 aromatic rings. The highest BCUT2D eigenvalue weighted by Gasteiger charge is 2.46. The monoisotopic (exact) mass is 300 g/mol. The van der Waals surface area contributed by atoms with Crippen molar-refractivity contribution in [2.45, 2.75) is 50.4 Å². The highest BCUT2D eigenvalue weighted by molar-refractivity contribution is 6.31. The van der Waals surface area contributed by atoms with Crippen LogP contribution in [0.5, 0.6) is 0 Å². The molecule has 1 aliphatic heterocycles. The van der Waals surface area contributed by atoms with Crippen LogP contribution in [0.4, 0.5) is 0 Å². The lowest BCUT2D eigenvalue weighted by Gasteiger charge is -2.40. The average Bonchev–Trinajstić information content (AvgIpc) is 2.96. The maximum absolute atomic E-state index is 10.8. The Labute approximate surface area is 123 Å². The highest BCUT2D eigenvalue weighted by Crippen LogP contribution is 2.42. The first-order chi connectivity index (χ1) is 9.43. The van der Waals surface area contributed by atoms with Crippen molar-refractivity contribution in [1.82, 2.24) is 9.78 Å². The fraction of sp³-hybridized carbons (Fsp3) is 0.786. The first-order valence-corrected chi connectivity index (χ1v) is 7.49. The van der Waals surface area contributed by atoms with Crippen LogP contribution < -0.4 is 0 Å². The fourth-order valence-electron chi connectivity index (χ4n) is 3.24. The molecule has 1 saturated heterocycles. The fourth-order valence-corrected chi connectivity index (χ4v) is 3.47. The highest BCUT2D eigenvalue weighted by atomic mass is 35.5. The number of aromatic nitrogens is 2. The SMILES string of the molecule is Cc1nn(C)c(CC2(O)CCC3(CC2)OCCO3)c1Cl. The van der Waals surface area contributed by atoms with E-state index in [9.17, 15) is 5.11 Å². The van der Waals surface area contributed by atoms with Gasteiger partial charge in [0.05, 0.1) is 35.2 Å². The Bertz CT molecular complexity index is 499. The van der Waals surface area contributed by atoms with Gasteiger partial charge in [-0.15, -0.1) is 0 Å². The van der Waals surface area contributed by atoms with Crippen molar-refractivity contribution in [1.29, 1.82) is 0 Å². The topological polar surface area (TPSA) is 56.5 Å². The first kappa shape index (κ1) is 14.3. The van der Waals surface area contributed by atoms with E-state index in [0.29, 0.717) is 37.5 Å². The molecule has 1 aliphatic carbocycles. The maximum atomic E-state index is 10.8. The minimum absolute atomic E-state index is 0.446. The predicted molar refractivity (Wildman–Crippen MR) is 74.7 cm³/mol. The van der Waals surface area contributed by atoms with E-state index in [1.807, 2.05) is 14.0 Å². The largest absolute Gasteiger partial charge is 0.389 e. The van der Waals surface area contributed by atoms with Crippen LogP contribution in [0.15, 0.2) is 0 Å². The van der Waals surface area contributed by atoms with Gasteiger partial charge in [-0.2, -0.15) is 5.10 Å². The molecule has 0 bridgehead atoms. The number of hydrogen-bond donors (Lipinski definition) is 1. The van der Waals surface area contributed by atoms with Crippen molar-refractivity contribution in [2.24, 2.45) is 7.05 Å². The van der Waals surface area contributed by atoms with Gasteiger partial charge in [0.2, 0.25) is 0 Å². The van der Waals surface area contributed by atoms with E-state index in [0.717, 1.165) is 24.2 Å². The Kier molecular flexibility index (Phi) is 3.57. The number of nitrogens with zero attached hydrogens (tertiary/aromatic N) is 2. The van der Waals surface area contributed by atoms with Gasteiger partial charge in [0.1, 0.15) is 0 Å². The molecule has 1 aromatic heterocycles. The van der Waals surface area contributed by atoms with Crippen molar-refractivity contribution in [3.63, 3.8) is 0 Å². The predicted octanol–water partition coefficient (Wildman–Crippen LogP) is 1.97. The number of aryl methyl sites for hydroxylation is 2. The average molecular weight is 301 g/mol. The summed E-state index contributed by atoms with van der Waals surface area (Å²) in [6.07, 6.45) is 3.32. The molecule has 6 heteroatoms. The van der Waals surface area contributed by atoms with Crippen LogP contribution in [0.2, 0.25) is 5.02 Å². The van der Waals surface area contributed by atoms with Crippen LogP contribution in [0.3, 0.4) is 0 Å². The second kappa shape index (κ2) is 4.98. The van der Waals surface area contributed by atoms with Crippen molar-refractivity contribution >= 4 is 11.6 Å². The van der Waals surface area contributed by atoms with Crippen LogP contribution in [0.1, 0.15) is 37.1 Å². The number of rotatable bonds is 2. The standard InChI is InChI=1S/C14H21ClN2O3/c1-10-12(15)11(17(2)16-10)9-13(18)3-5-14(6-4-13)19-7-8-20-14/h18H,3-9H2,1-2H3. The molecule has 2 aliphatic rings. The van der Waals surface area contributed by atoms with Crippen LogP contribution in [0.25, 0.3) is 0 Å². The molecule has 2 heterocycles. The molecule has 112 valence electrons. The van der Waals surface area contributed by atoms with Crippen molar-refractivity contribution in [2.75, 3.05) is 13.2 Å². The zero-order chi connectivity index (χ0) is 14.4. The molecule has 0 unspecified atom stereocenters. The second-order valence-electron chi connectivity index (χ2n) is 5.98. The van der Waals surface area contributed by atoms with Gasteiger partial charge in [0.15, 0.2) is 5.79 Å². The van der Waals surface area contributed by atoms with Gasteiger partial charge in [-0.05, 0) is 19.8 Å². The zero-order valence-electron chi connectivity index (χ0n) is 12.0. The first-order valence-electron chi connectivity index (χ1n) is 7.11.